The Hall–Kier alpha value is 0.290. The molecular formula is C10H19Cl. The monoisotopic (exact) mass is 174 g/mol. The highest BCUT2D eigenvalue weighted by Gasteiger charge is 2.56. The first kappa shape index (κ1) is 9.38. The van der Waals surface area contributed by atoms with Crippen LogP contribution < -0.4 is 0 Å². The topological polar surface area (TPSA) is 0 Å². The van der Waals surface area contributed by atoms with Crippen molar-refractivity contribution in [3.05, 3.63) is 0 Å². The number of alkyl halides is 1. The van der Waals surface area contributed by atoms with Crippen molar-refractivity contribution in [3.8, 4) is 0 Å². The first-order valence-corrected chi connectivity index (χ1v) is 5.15. The zero-order chi connectivity index (χ0) is 8.65. The van der Waals surface area contributed by atoms with E-state index in [9.17, 15) is 0 Å². The second kappa shape index (κ2) is 2.97. The summed E-state index contributed by atoms with van der Waals surface area (Å²) < 4.78 is 0. The van der Waals surface area contributed by atoms with Crippen LogP contribution in [0.5, 0.6) is 0 Å². The maximum Gasteiger partial charge on any atom is 0.0257 e. The molecule has 0 bridgehead atoms. The largest absolute Gasteiger partial charge is 0.126 e. The van der Waals surface area contributed by atoms with Gasteiger partial charge in [0.15, 0.2) is 0 Å². The minimum atomic E-state index is 0.585. The molecule has 0 aromatic rings. The summed E-state index contributed by atoms with van der Waals surface area (Å²) in [4.78, 5) is 0. The Morgan fingerprint density at radius 1 is 1.27 bits per heavy atom. The van der Waals surface area contributed by atoms with E-state index in [1.807, 2.05) is 0 Å². The molecule has 0 nitrogen and oxygen atoms in total. The van der Waals surface area contributed by atoms with Gasteiger partial charge in [-0.25, -0.2) is 0 Å². The third-order valence-electron chi connectivity index (χ3n) is 3.54. The van der Waals surface area contributed by atoms with E-state index in [1.165, 1.54) is 6.42 Å². The number of rotatable bonds is 3. The molecule has 0 saturated heterocycles. The van der Waals surface area contributed by atoms with Crippen molar-refractivity contribution in [1.82, 2.24) is 0 Å². The summed E-state index contributed by atoms with van der Waals surface area (Å²) in [6.07, 6.45) is 1.35. The Morgan fingerprint density at radius 2 is 1.73 bits per heavy atom. The van der Waals surface area contributed by atoms with E-state index in [0.29, 0.717) is 5.41 Å². The maximum absolute atomic E-state index is 5.87. The Bertz CT molecular complexity index is 130. The first-order chi connectivity index (χ1) is 5.05. The molecule has 1 heteroatoms. The van der Waals surface area contributed by atoms with Crippen LogP contribution in [0.4, 0.5) is 0 Å². The molecule has 0 heterocycles. The fourth-order valence-corrected chi connectivity index (χ4v) is 3.04. The molecule has 0 aliphatic heterocycles. The van der Waals surface area contributed by atoms with E-state index >= 15 is 0 Å². The maximum atomic E-state index is 5.87. The molecule has 0 spiro atoms. The van der Waals surface area contributed by atoms with Crippen LogP contribution in [-0.4, -0.2) is 5.88 Å². The lowest BCUT2D eigenvalue weighted by atomic mass is 9.80. The van der Waals surface area contributed by atoms with Gasteiger partial charge in [0.2, 0.25) is 0 Å². The predicted octanol–water partition coefficient (Wildman–Crippen LogP) is 3.54. The van der Waals surface area contributed by atoms with Crippen molar-refractivity contribution >= 4 is 11.6 Å². The predicted molar refractivity (Wildman–Crippen MR) is 50.9 cm³/mol. The molecule has 1 aliphatic carbocycles. The van der Waals surface area contributed by atoms with Gasteiger partial charge >= 0.3 is 0 Å². The van der Waals surface area contributed by atoms with Crippen LogP contribution in [0.1, 0.15) is 34.1 Å². The van der Waals surface area contributed by atoms with Crippen LogP contribution >= 0.6 is 11.6 Å². The Labute approximate surface area is 75.3 Å². The average molecular weight is 175 g/mol. The Morgan fingerprint density at radius 3 is 1.82 bits per heavy atom. The lowest BCUT2D eigenvalue weighted by Crippen LogP contribution is -2.20. The van der Waals surface area contributed by atoms with Gasteiger partial charge in [-0.1, -0.05) is 27.7 Å². The standard InChI is InChI=1S/C10H19Cl/c1-7(2)10(8(3)4)5-9(10)6-11/h7-9H,5-6H2,1-4H3. The molecule has 0 radical (unpaired) electrons. The highest BCUT2D eigenvalue weighted by Crippen LogP contribution is 2.62. The van der Waals surface area contributed by atoms with Gasteiger partial charge in [-0.2, -0.15) is 0 Å². The van der Waals surface area contributed by atoms with Crippen LogP contribution in [0.25, 0.3) is 0 Å². The van der Waals surface area contributed by atoms with Crippen molar-refractivity contribution in [2.75, 3.05) is 5.88 Å². The van der Waals surface area contributed by atoms with E-state index in [1.54, 1.807) is 0 Å². The van der Waals surface area contributed by atoms with Crippen LogP contribution in [0.3, 0.4) is 0 Å². The highest BCUT2D eigenvalue weighted by atomic mass is 35.5. The van der Waals surface area contributed by atoms with Crippen molar-refractivity contribution < 1.29 is 0 Å². The van der Waals surface area contributed by atoms with Gasteiger partial charge in [0.25, 0.3) is 0 Å². The van der Waals surface area contributed by atoms with Gasteiger partial charge in [0.1, 0.15) is 0 Å². The first-order valence-electron chi connectivity index (χ1n) is 4.61. The fraction of sp³-hybridized carbons (Fsp3) is 1.00. The van der Waals surface area contributed by atoms with Crippen LogP contribution in [0, 0.1) is 23.2 Å². The molecule has 0 N–H and O–H groups in total. The number of hydrogen-bond acceptors (Lipinski definition) is 0. The molecule has 0 aromatic heterocycles. The molecule has 1 rings (SSSR count). The van der Waals surface area contributed by atoms with Crippen LogP contribution in [-0.2, 0) is 0 Å². The Balaban J connectivity index is 2.63. The summed E-state index contributed by atoms with van der Waals surface area (Å²) in [6, 6.07) is 0. The lowest BCUT2D eigenvalue weighted by molar-refractivity contribution is 0.237. The fourth-order valence-electron chi connectivity index (χ4n) is 2.65. The summed E-state index contributed by atoms with van der Waals surface area (Å²) in [7, 11) is 0. The summed E-state index contributed by atoms with van der Waals surface area (Å²) in [5.41, 5.74) is 0.585. The zero-order valence-corrected chi connectivity index (χ0v) is 8.78. The summed E-state index contributed by atoms with van der Waals surface area (Å²) >= 11 is 5.87. The minimum Gasteiger partial charge on any atom is -0.126 e. The molecule has 0 amide bonds. The quantitative estimate of drug-likeness (QED) is 0.575. The second-order valence-electron chi connectivity index (χ2n) is 4.48. The van der Waals surface area contributed by atoms with Crippen molar-refractivity contribution in [2.45, 2.75) is 34.1 Å². The molecule has 0 aromatic carbocycles. The van der Waals surface area contributed by atoms with E-state index in [0.717, 1.165) is 23.6 Å². The van der Waals surface area contributed by atoms with Gasteiger partial charge in [-0.05, 0) is 29.6 Å². The zero-order valence-electron chi connectivity index (χ0n) is 8.02. The van der Waals surface area contributed by atoms with E-state index in [4.69, 9.17) is 11.6 Å². The van der Waals surface area contributed by atoms with Crippen LogP contribution in [0.2, 0.25) is 0 Å². The molecule has 1 aliphatic rings. The molecule has 66 valence electrons. The smallest absolute Gasteiger partial charge is 0.0257 e. The second-order valence-corrected chi connectivity index (χ2v) is 4.79. The summed E-state index contributed by atoms with van der Waals surface area (Å²) in [6.45, 7) is 9.30. The van der Waals surface area contributed by atoms with Gasteiger partial charge in [0, 0.05) is 5.88 Å². The van der Waals surface area contributed by atoms with E-state index in [2.05, 4.69) is 27.7 Å². The third-order valence-corrected chi connectivity index (χ3v) is 3.91. The average Bonchev–Trinajstić information content (AvgIpc) is 2.61. The lowest BCUT2D eigenvalue weighted by Gasteiger charge is -2.25. The summed E-state index contributed by atoms with van der Waals surface area (Å²) in [5, 5.41) is 0. The number of hydrogen-bond donors (Lipinski definition) is 0. The van der Waals surface area contributed by atoms with Gasteiger partial charge < -0.3 is 0 Å². The van der Waals surface area contributed by atoms with Gasteiger partial charge in [-0.15, -0.1) is 11.6 Å². The Kier molecular flexibility index (Phi) is 2.53. The SMILES string of the molecule is CC(C)C1(C(C)C)CC1CCl. The van der Waals surface area contributed by atoms with E-state index in [-0.39, 0.29) is 0 Å². The minimum absolute atomic E-state index is 0.585. The molecule has 1 unspecified atom stereocenters. The molecule has 1 saturated carbocycles. The molecule has 1 fully saturated rings. The van der Waals surface area contributed by atoms with Crippen molar-refractivity contribution in [3.63, 3.8) is 0 Å². The highest BCUT2D eigenvalue weighted by molar-refractivity contribution is 6.18. The van der Waals surface area contributed by atoms with Crippen molar-refractivity contribution in [2.24, 2.45) is 23.2 Å². The van der Waals surface area contributed by atoms with E-state index < -0.39 is 0 Å². The third kappa shape index (κ3) is 1.30. The van der Waals surface area contributed by atoms with Crippen molar-refractivity contribution in [1.29, 1.82) is 0 Å². The summed E-state index contributed by atoms with van der Waals surface area (Å²) in [5.74, 6) is 3.25. The number of halogens is 1. The normalized spacial score (nSPS) is 28.1. The van der Waals surface area contributed by atoms with Crippen LogP contribution in [0.15, 0.2) is 0 Å². The molecule has 11 heavy (non-hydrogen) atoms. The molecule has 1 atom stereocenters. The van der Waals surface area contributed by atoms with Gasteiger partial charge in [-0.3, -0.25) is 0 Å². The molecular weight excluding hydrogens is 156 g/mol. The van der Waals surface area contributed by atoms with Gasteiger partial charge in [0.05, 0.1) is 0 Å².